The first-order chi connectivity index (χ1) is 11.0. The highest BCUT2D eigenvalue weighted by atomic mass is 32.1. The summed E-state index contributed by atoms with van der Waals surface area (Å²) in [5.74, 6) is 0.362. The van der Waals surface area contributed by atoms with Gasteiger partial charge in [-0.25, -0.2) is 4.90 Å². The van der Waals surface area contributed by atoms with Gasteiger partial charge in [0.15, 0.2) is 5.11 Å². The van der Waals surface area contributed by atoms with Crippen LogP contribution in [0.1, 0.15) is 11.4 Å². The topological polar surface area (TPSA) is 59.4 Å². The van der Waals surface area contributed by atoms with Crippen molar-refractivity contribution in [3.63, 3.8) is 0 Å². The third kappa shape index (κ3) is 2.70. The second-order valence-electron chi connectivity index (χ2n) is 5.13. The van der Waals surface area contributed by atoms with Crippen LogP contribution in [-0.2, 0) is 11.8 Å². The Bertz CT molecular complexity index is 825. The van der Waals surface area contributed by atoms with E-state index in [1.165, 1.54) is 4.90 Å². The Morgan fingerprint density at radius 3 is 2.74 bits per heavy atom. The Labute approximate surface area is 139 Å². The molecule has 1 N–H and O–H groups in total. The number of aromatic nitrogens is 2. The van der Waals surface area contributed by atoms with Crippen LogP contribution in [0.3, 0.4) is 0 Å². The Kier molecular flexibility index (Phi) is 3.87. The first-order valence-electron chi connectivity index (χ1n) is 7.02. The molecule has 1 saturated heterocycles. The second kappa shape index (κ2) is 5.85. The summed E-state index contributed by atoms with van der Waals surface area (Å²) in [6, 6.07) is 9.16. The van der Waals surface area contributed by atoms with Gasteiger partial charge in [-0.2, -0.15) is 5.10 Å². The van der Waals surface area contributed by atoms with Gasteiger partial charge in [-0.05, 0) is 43.4 Å². The van der Waals surface area contributed by atoms with Crippen LogP contribution in [0.5, 0.6) is 5.75 Å². The van der Waals surface area contributed by atoms with E-state index in [9.17, 15) is 4.79 Å². The number of hydrogen-bond donors (Lipinski definition) is 1. The SMILES string of the molecule is COc1ccccc1N1C(=O)/C(=C\c2cc(C)nn2C)NC1=S. The molecule has 2 aromatic rings. The van der Waals surface area contributed by atoms with Crippen molar-refractivity contribution < 1.29 is 9.53 Å². The third-order valence-corrected chi connectivity index (χ3v) is 3.82. The maximum absolute atomic E-state index is 12.7. The molecule has 1 amide bonds. The van der Waals surface area contributed by atoms with Crippen molar-refractivity contribution in [3.05, 3.63) is 47.4 Å². The average molecular weight is 328 g/mol. The smallest absolute Gasteiger partial charge is 0.281 e. The lowest BCUT2D eigenvalue weighted by Gasteiger charge is -2.17. The minimum Gasteiger partial charge on any atom is -0.495 e. The van der Waals surface area contributed by atoms with Gasteiger partial charge in [-0.1, -0.05) is 12.1 Å². The van der Waals surface area contributed by atoms with Crippen LogP contribution < -0.4 is 15.0 Å². The van der Waals surface area contributed by atoms with Crippen LogP contribution >= 0.6 is 12.2 Å². The van der Waals surface area contributed by atoms with Gasteiger partial charge < -0.3 is 10.1 Å². The molecule has 2 heterocycles. The van der Waals surface area contributed by atoms with Crippen LogP contribution in [0.25, 0.3) is 6.08 Å². The van der Waals surface area contributed by atoms with Gasteiger partial charge in [-0.3, -0.25) is 9.48 Å². The summed E-state index contributed by atoms with van der Waals surface area (Å²) in [6.07, 6.45) is 1.74. The molecule has 0 spiro atoms. The van der Waals surface area contributed by atoms with Gasteiger partial charge in [-0.15, -0.1) is 0 Å². The van der Waals surface area contributed by atoms with E-state index in [2.05, 4.69) is 10.4 Å². The summed E-state index contributed by atoms with van der Waals surface area (Å²) in [7, 11) is 3.39. The van der Waals surface area contributed by atoms with Crippen LogP contribution in [0.2, 0.25) is 0 Å². The summed E-state index contributed by atoms with van der Waals surface area (Å²) >= 11 is 5.31. The Hall–Kier alpha value is -2.67. The number of hydrogen-bond acceptors (Lipinski definition) is 4. The number of thiocarbonyl (C=S) groups is 1. The van der Waals surface area contributed by atoms with Crippen molar-refractivity contribution >= 4 is 35.0 Å². The number of para-hydroxylation sites is 2. The van der Waals surface area contributed by atoms with Crippen molar-refractivity contribution in [3.8, 4) is 5.75 Å². The normalized spacial score (nSPS) is 16.1. The molecule has 6 nitrogen and oxygen atoms in total. The fourth-order valence-electron chi connectivity index (χ4n) is 2.48. The number of aryl methyl sites for hydroxylation is 2. The third-order valence-electron chi connectivity index (χ3n) is 3.53. The summed E-state index contributed by atoms with van der Waals surface area (Å²) in [6.45, 7) is 1.90. The lowest BCUT2D eigenvalue weighted by atomic mass is 10.2. The Morgan fingerprint density at radius 1 is 1.35 bits per heavy atom. The van der Waals surface area contributed by atoms with Crippen molar-refractivity contribution in [2.45, 2.75) is 6.92 Å². The zero-order chi connectivity index (χ0) is 16.6. The Morgan fingerprint density at radius 2 is 2.09 bits per heavy atom. The zero-order valence-corrected chi connectivity index (χ0v) is 13.8. The first kappa shape index (κ1) is 15.2. The Balaban J connectivity index is 1.99. The number of rotatable bonds is 3. The van der Waals surface area contributed by atoms with Crippen molar-refractivity contribution in [2.75, 3.05) is 12.0 Å². The number of amides is 1. The molecule has 0 unspecified atom stereocenters. The number of carbonyl (C=O) groups is 1. The van der Waals surface area contributed by atoms with Gasteiger partial charge in [0.1, 0.15) is 11.4 Å². The summed E-state index contributed by atoms with van der Waals surface area (Å²) in [5, 5.41) is 7.55. The molecule has 0 atom stereocenters. The number of benzene rings is 1. The van der Waals surface area contributed by atoms with E-state index in [1.54, 1.807) is 30.0 Å². The van der Waals surface area contributed by atoms with Crippen LogP contribution in [0, 0.1) is 6.92 Å². The number of ether oxygens (including phenoxy) is 1. The minimum atomic E-state index is -0.224. The molecule has 1 aliphatic heterocycles. The molecule has 118 valence electrons. The molecule has 1 aliphatic rings. The molecule has 0 bridgehead atoms. The van der Waals surface area contributed by atoms with E-state index in [0.29, 0.717) is 22.2 Å². The van der Waals surface area contributed by atoms with E-state index in [1.807, 2.05) is 32.2 Å². The van der Waals surface area contributed by atoms with E-state index in [-0.39, 0.29) is 5.91 Å². The standard InChI is InChI=1S/C16H16N4O2S/c1-10-8-11(19(2)18-10)9-12-15(21)20(16(23)17-12)13-6-4-5-7-14(13)22-3/h4-9H,1-3H3,(H,17,23)/b12-9+. The van der Waals surface area contributed by atoms with Gasteiger partial charge in [0.2, 0.25) is 0 Å². The minimum absolute atomic E-state index is 0.224. The highest BCUT2D eigenvalue weighted by Gasteiger charge is 2.33. The van der Waals surface area contributed by atoms with E-state index >= 15 is 0 Å². The number of anilines is 1. The molecule has 0 saturated carbocycles. The largest absolute Gasteiger partial charge is 0.495 e. The van der Waals surface area contributed by atoms with Crippen LogP contribution in [0.4, 0.5) is 5.69 Å². The predicted molar refractivity (Wildman–Crippen MR) is 92.1 cm³/mol. The molecular formula is C16H16N4O2S. The molecular weight excluding hydrogens is 312 g/mol. The van der Waals surface area contributed by atoms with Gasteiger partial charge in [0.05, 0.1) is 24.2 Å². The van der Waals surface area contributed by atoms with Crippen LogP contribution in [-0.4, -0.2) is 27.9 Å². The molecule has 3 rings (SSSR count). The fourth-order valence-corrected chi connectivity index (χ4v) is 2.77. The predicted octanol–water partition coefficient (Wildman–Crippen LogP) is 2.00. The second-order valence-corrected chi connectivity index (χ2v) is 5.52. The lowest BCUT2D eigenvalue weighted by Crippen LogP contribution is -2.30. The zero-order valence-electron chi connectivity index (χ0n) is 13.0. The molecule has 1 aromatic carbocycles. The molecule has 7 heteroatoms. The first-order valence-corrected chi connectivity index (χ1v) is 7.43. The summed E-state index contributed by atoms with van der Waals surface area (Å²) < 4.78 is 7.03. The number of methoxy groups -OCH3 is 1. The van der Waals surface area contributed by atoms with E-state index in [0.717, 1.165) is 11.4 Å². The number of nitrogens with zero attached hydrogens (tertiary/aromatic N) is 3. The van der Waals surface area contributed by atoms with Crippen molar-refractivity contribution in [1.82, 2.24) is 15.1 Å². The van der Waals surface area contributed by atoms with Gasteiger partial charge >= 0.3 is 0 Å². The average Bonchev–Trinajstić information content (AvgIpc) is 2.98. The highest BCUT2D eigenvalue weighted by molar-refractivity contribution is 7.80. The summed E-state index contributed by atoms with van der Waals surface area (Å²) in [5.41, 5.74) is 2.72. The lowest BCUT2D eigenvalue weighted by molar-refractivity contribution is -0.113. The molecule has 1 fully saturated rings. The molecule has 0 radical (unpaired) electrons. The van der Waals surface area contributed by atoms with Crippen molar-refractivity contribution in [2.24, 2.45) is 7.05 Å². The maximum Gasteiger partial charge on any atom is 0.281 e. The number of nitrogens with one attached hydrogen (secondary N) is 1. The van der Waals surface area contributed by atoms with E-state index < -0.39 is 0 Å². The quantitative estimate of drug-likeness (QED) is 0.690. The van der Waals surface area contributed by atoms with Crippen LogP contribution in [0.15, 0.2) is 36.0 Å². The maximum atomic E-state index is 12.7. The van der Waals surface area contributed by atoms with Gasteiger partial charge in [0, 0.05) is 7.05 Å². The van der Waals surface area contributed by atoms with Gasteiger partial charge in [0.25, 0.3) is 5.91 Å². The fraction of sp³-hybridized carbons (Fsp3) is 0.188. The van der Waals surface area contributed by atoms with E-state index in [4.69, 9.17) is 17.0 Å². The van der Waals surface area contributed by atoms with Crippen molar-refractivity contribution in [1.29, 1.82) is 0 Å². The highest BCUT2D eigenvalue weighted by Crippen LogP contribution is 2.31. The monoisotopic (exact) mass is 328 g/mol. The molecule has 1 aromatic heterocycles. The number of carbonyl (C=O) groups excluding carboxylic acids is 1. The summed E-state index contributed by atoms with van der Waals surface area (Å²) in [4.78, 5) is 14.2. The molecule has 23 heavy (non-hydrogen) atoms. The molecule has 0 aliphatic carbocycles.